The molecule has 7 heteroatoms. The first kappa shape index (κ1) is 18.4. The van der Waals surface area contributed by atoms with Gasteiger partial charge >= 0.3 is 0 Å². The van der Waals surface area contributed by atoms with Gasteiger partial charge in [-0.05, 0) is 12.5 Å². The summed E-state index contributed by atoms with van der Waals surface area (Å²) in [7, 11) is 2.03. The highest BCUT2D eigenvalue weighted by Crippen LogP contribution is 2.28. The Kier molecular flexibility index (Phi) is 5.25. The summed E-state index contributed by atoms with van der Waals surface area (Å²) in [6, 6.07) is 10.3. The maximum absolute atomic E-state index is 12.9. The van der Waals surface area contributed by atoms with Crippen LogP contribution in [-0.4, -0.2) is 61.0 Å². The Morgan fingerprint density at radius 2 is 1.79 bits per heavy atom. The van der Waals surface area contributed by atoms with Crippen molar-refractivity contribution < 1.29 is 4.79 Å². The van der Waals surface area contributed by atoms with E-state index in [1.165, 1.54) is 5.56 Å². The molecule has 0 spiro atoms. The molecule has 1 aliphatic heterocycles. The zero-order valence-corrected chi connectivity index (χ0v) is 16.3. The van der Waals surface area contributed by atoms with Gasteiger partial charge < -0.3 is 14.0 Å². The van der Waals surface area contributed by atoms with E-state index in [-0.39, 0.29) is 18.0 Å². The van der Waals surface area contributed by atoms with Gasteiger partial charge in [0.05, 0.1) is 12.4 Å². The number of hydrogen-bond acceptors (Lipinski definition) is 4. The Balaban J connectivity index is 1.49. The normalized spacial score (nSPS) is 17.4. The van der Waals surface area contributed by atoms with Crippen molar-refractivity contribution in [2.24, 2.45) is 7.05 Å². The largest absolute Gasteiger partial charge is 0.338 e. The van der Waals surface area contributed by atoms with Crippen LogP contribution in [0.4, 0.5) is 0 Å². The summed E-state index contributed by atoms with van der Waals surface area (Å²) in [5, 5.41) is 0. The number of piperazine rings is 1. The number of aryl methyl sites for hydroxylation is 1. The van der Waals surface area contributed by atoms with Crippen molar-refractivity contribution in [1.29, 1.82) is 0 Å². The third kappa shape index (κ3) is 3.57. The highest BCUT2D eigenvalue weighted by atomic mass is 16.2. The van der Waals surface area contributed by atoms with Crippen molar-refractivity contribution in [2.75, 3.05) is 26.2 Å². The Morgan fingerprint density at radius 3 is 2.39 bits per heavy atom. The number of aromatic nitrogens is 4. The van der Waals surface area contributed by atoms with Gasteiger partial charge in [0.2, 0.25) is 5.91 Å². The van der Waals surface area contributed by atoms with E-state index in [0.29, 0.717) is 13.1 Å². The predicted molar refractivity (Wildman–Crippen MR) is 107 cm³/mol. The number of benzene rings is 1. The first-order valence-electron chi connectivity index (χ1n) is 9.67. The summed E-state index contributed by atoms with van der Waals surface area (Å²) in [4.78, 5) is 25.9. The Morgan fingerprint density at radius 1 is 1.04 bits per heavy atom. The third-order valence-electron chi connectivity index (χ3n) is 5.54. The van der Waals surface area contributed by atoms with Crippen LogP contribution in [0, 0.1) is 0 Å². The van der Waals surface area contributed by atoms with Crippen LogP contribution in [0.3, 0.4) is 0 Å². The van der Waals surface area contributed by atoms with Crippen LogP contribution in [0.25, 0.3) is 0 Å². The molecular weight excluding hydrogens is 352 g/mol. The van der Waals surface area contributed by atoms with Gasteiger partial charge in [-0.25, -0.2) is 9.97 Å². The summed E-state index contributed by atoms with van der Waals surface area (Å²) in [5.74, 6) is 1.17. The minimum Gasteiger partial charge on any atom is -0.338 e. The van der Waals surface area contributed by atoms with Gasteiger partial charge in [-0.15, -0.1) is 0 Å². The van der Waals surface area contributed by atoms with Crippen molar-refractivity contribution in [3.8, 4) is 0 Å². The van der Waals surface area contributed by atoms with Crippen molar-refractivity contribution in [2.45, 2.75) is 19.0 Å². The Labute approximate surface area is 165 Å². The van der Waals surface area contributed by atoms with Gasteiger partial charge in [0.15, 0.2) is 0 Å². The van der Waals surface area contributed by atoms with Crippen molar-refractivity contribution in [3.63, 3.8) is 0 Å². The molecule has 2 aromatic heterocycles. The number of rotatable bonds is 5. The van der Waals surface area contributed by atoms with Gasteiger partial charge in [-0.2, -0.15) is 0 Å². The van der Waals surface area contributed by atoms with Gasteiger partial charge in [-0.3, -0.25) is 9.69 Å². The van der Waals surface area contributed by atoms with Crippen LogP contribution in [-0.2, 0) is 11.8 Å². The number of imidazole rings is 2. The molecule has 2 atom stereocenters. The topological polar surface area (TPSA) is 59.2 Å². The molecule has 0 bridgehead atoms. The zero-order chi connectivity index (χ0) is 19.5. The zero-order valence-electron chi connectivity index (χ0n) is 16.3. The maximum atomic E-state index is 12.9. The predicted octanol–water partition coefficient (Wildman–Crippen LogP) is 2.11. The summed E-state index contributed by atoms with van der Waals surface area (Å²) in [6.07, 6.45) is 9.07. The molecular formula is C21H26N6O. The second-order valence-corrected chi connectivity index (χ2v) is 7.26. The second kappa shape index (κ2) is 7.98. The van der Waals surface area contributed by atoms with E-state index in [4.69, 9.17) is 0 Å². The highest BCUT2D eigenvalue weighted by Gasteiger charge is 2.31. The summed E-state index contributed by atoms with van der Waals surface area (Å²) in [5.41, 5.74) is 1.23. The molecule has 1 amide bonds. The van der Waals surface area contributed by atoms with E-state index < -0.39 is 0 Å². The average molecular weight is 378 g/mol. The van der Waals surface area contributed by atoms with E-state index in [0.717, 1.165) is 18.9 Å². The lowest BCUT2D eigenvalue weighted by atomic mass is 10.0. The lowest BCUT2D eigenvalue weighted by Gasteiger charge is -2.40. The highest BCUT2D eigenvalue weighted by molar-refractivity contribution is 5.80. The molecule has 0 radical (unpaired) electrons. The van der Waals surface area contributed by atoms with Gasteiger partial charge in [0, 0.05) is 58.0 Å². The smallest absolute Gasteiger partial charge is 0.245 e. The van der Waals surface area contributed by atoms with E-state index in [1.54, 1.807) is 12.5 Å². The quantitative estimate of drug-likeness (QED) is 0.682. The number of carbonyl (C=O) groups excluding carboxylic acids is 1. The standard InChI is InChI=1S/C21H26N6O/c1-17(27-11-8-22-16-27)21(28)26-14-12-25(13-15-26)19(18-6-4-3-5-7-18)20-23-9-10-24(20)2/h3-11,16-17,19H,12-15H2,1-2H3/t17-,19+/m0/s1. The van der Waals surface area contributed by atoms with Gasteiger partial charge in [0.1, 0.15) is 11.9 Å². The average Bonchev–Trinajstić information content (AvgIpc) is 3.41. The first-order chi connectivity index (χ1) is 13.6. The molecule has 1 fully saturated rings. The van der Waals surface area contributed by atoms with E-state index in [1.807, 2.05) is 48.1 Å². The van der Waals surface area contributed by atoms with Crippen LogP contribution in [0.1, 0.15) is 30.4 Å². The number of nitrogens with zero attached hydrogens (tertiary/aromatic N) is 6. The Hall–Kier alpha value is -2.93. The molecule has 3 aromatic rings. The molecule has 28 heavy (non-hydrogen) atoms. The van der Waals surface area contributed by atoms with Crippen molar-refractivity contribution in [1.82, 2.24) is 28.9 Å². The number of carbonyl (C=O) groups is 1. The van der Waals surface area contributed by atoms with Crippen LogP contribution in [0.2, 0.25) is 0 Å². The number of amides is 1. The molecule has 7 nitrogen and oxygen atoms in total. The van der Waals surface area contributed by atoms with Crippen molar-refractivity contribution >= 4 is 5.91 Å². The fraction of sp³-hybridized carbons (Fsp3) is 0.381. The van der Waals surface area contributed by atoms with E-state index in [2.05, 4.69) is 43.7 Å². The molecule has 1 aliphatic rings. The summed E-state index contributed by atoms with van der Waals surface area (Å²) in [6.45, 7) is 4.98. The first-order valence-corrected chi connectivity index (χ1v) is 9.67. The molecule has 0 aliphatic carbocycles. The fourth-order valence-electron chi connectivity index (χ4n) is 3.89. The van der Waals surface area contributed by atoms with Crippen LogP contribution in [0.5, 0.6) is 0 Å². The molecule has 0 N–H and O–H groups in total. The molecule has 1 aromatic carbocycles. The van der Waals surface area contributed by atoms with Gasteiger partial charge in [-0.1, -0.05) is 30.3 Å². The molecule has 4 rings (SSSR count). The fourth-order valence-corrected chi connectivity index (χ4v) is 3.89. The third-order valence-corrected chi connectivity index (χ3v) is 5.54. The molecule has 3 heterocycles. The molecule has 146 valence electrons. The minimum absolute atomic E-state index is 0.0875. The van der Waals surface area contributed by atoms with Gasteiger partial charge in [0.25, 0.3) is 0 Å². The monoisotopic (exact) mass is 378 g/mol. The summed E-state index contributed by atoms with van der Waals surface area (Å²) >= 11 is 0. The van der Waals surface area contributed by atoms with E-state index in [9.17, 15) is 4.79 Å². The van der Waals surface area contributed by atoms with Crippen LogP contribution < -0.4 is 0 Å². The maximum Gasteiger partial charge on any atom is 0.245 e. The molecule has 0 unspecified atom stereocenters. The second-order valence-electron chi connectivity index (χ2n) is 7.26. The lowest BCUT2D eigenvalue weighted by Crippen LogP contribution is -2.51. The molecule has 1 saturated heterocycles. The Bertz CT molecular complexity index is 896. The SMILES string of the molecule is C[C@@H](C(=O)N1CCN([C@H](c2ccccc2)c2nccn2C)CC1)n1ccnc1. The number of hydrogen-bond donors (Lipinski definition) is 0. The molecule has 0 saturated carbocycles. The van der Waals surface area contributed by atoms with Crippen LogP contribution >= 0.6 is 0 Å². The lowest BCUT2D eigenvalue weighted by molar-refractivity contribution is -0.136. The van der Waals surface area contributed by atoms with Crippen LogP contribution in [0.15, 0.2) is 61.4 Å². The van der Waals surface area contributed by atoms with E-state index >= 15 is 0 Å². The van der Waals surface area contributed by atoms with Crippen molar-refractivity contribution in [3.05, 3.63) is 72.8 Å². The summed E-state index contributed by atoms with van der Waals surface area (Å²) < 4.78 is 3.94. The minimum atomic E-state index is -0.228.